The summed E-state index contributed by atoms with van der Waals surface area (Å²) in [7, 11) is 0. The van der Waals surface area contributed by atoms with E-state index in [2.05, 4.69) is 10.3 Å². The highest BCUT2D eigenvalue weighted by Crippen LogP contribution is 2.20. The maximum absolute atomic E-state index is 11.3. The Kier molecular flexibility index (Phi) is 2.10. The third-order valence-electron chi connectivity index (χ3n) is 2.46. The lowest BCUT2D eigenvalue weighted by molar-refractivity contribution is 0.318. The first-order valence-electron chi connectivity index (χ1n) is 4.48. The van der Waals surface area contributed by atoms with Gasteiger partial charge >= 0.3 is 5.69 Å². The van der Waals surface area contributed by atoms with E-state index >= 15 is 0 Å². The summed E-state index contributed by atoms with van der Waals surface area (Å²) < 4.78 is 1.43. The van der Waals surface area contributed by atoms with Crippen molar-refractivity contribution >= 4 is 0 Å². The zero-order valence-corrected chi connectivity index (χ0v) is 7.29. The number of imidazole rings is 1. The van der Waals surface area contributed by atoms with Crippen molar-refractivity contribution in [1.29, 1.82) is 0 Å². The lowest BCUT2D eigenvalue weighted by Crippen LogP contribution is -2.33. The Hall–Kier alpha value is -1.23. The van der Waals surface area contributed by atoms with Crippen molar-refractivity contribution in [3.8, 4) is 5.88 Å². The molecule has 5 heteroatoms. The monoisotopic (exact) mass is 183 g/mol. The number of aromatic hydroxyl groups is 1. The molecule has 3 N–H and O–H groups in total. The lowest BCUT2D eigenvalue weighted by atomic mass is 10.1. The molecule has 0 atom stereocenters. The second kappa shape index (κ2) is 3.26. The van der Waals surface area contributed by atoms with Gasteiger partial charge in [-0.25, -0.2) is 4.79 Å². The topological polar surface area (TPSA) is 70.0 Å². The predicted molar refractivity (Wildman–Crippen MR) is 47.9 cm³/mol. The van der Waals surface area contributed by atoms with Crippen LogP contribution < -0.4 is 11.0 Å². The summed E-state index contributed by atoms with van der Waals surface area (Å²) in [5.74, 6) is 0.0388. The molecule has 2 heterocycles. The zero-order chi connectivity index (χ0) is 9.26. The number of aromatic nitrogens is 2. The van der Waals surface area contributed by atoms with Gasteiger partial charge in [0.25, 0.3) is 0 Å². The standard InChI is InChI=1S/C8H13N3O2/c12-7-5-10-8(13)11(7)6-1-3-9-4-2-6/h5-6,9,12H,1-4H2,(H,10,13). The lowest BCUT2D eigenvalue weighted by Gasteiger charge is -2.23. The highest BCUT2D eigenvalue weighted by molar-refractivity contribution is 5.05. The smallest absolute Gasteiger partial charge is 0.328 e. The molecule has 1 aromatic heterocycles. The number of aromatic amines is 1. The Balaban J connectivity index is 2.27. The fourth-order valence-electron chi connectivity index (χ4n) is 1.79. The van der Waals surface area contributed by atoms with Gasteiger partial charge in [-0.15, -0.1) is 0 Å². The van der Waals surface area contributed by atoms with Gasteiger partial charge in [0.15, 0.2) is 0 Å². The van der Waals surface area contributed by atoms with E-state index in [0.29, 0.717) is 0 Å². The molecule has 72 valence electrons. The highest BCUT2D eigenvalue weighted by atomic mass is 16.3. The van der Waals surface area contributed by atoms with E-state index in [0.717, 1.165) is 25.9 Å². The summed E-state index contributed by atoms with van der Waals surface area (Å²) in [5, 5.41) is 12.6. The zero-order valence-electron chi connectivity index (χ0n) is 7.29. The van der Waals surface area contributed by atoms with Crippen LogP contribution in [-0.4, -0.2) is 27.7 Å². The second-order valence-corrected chi connectivity index (χ2v) is 3.30. The molecule has 1 aliphatic rings. The van der Waals surface area contributed by atoms with E-state index in [-0.39, 0.29) is 17.6 Å². The van der Waals surface area contributed by atoms with E-state index in [1.165, 1.54) is 10.8 Å². The van der Waals surface area contributed by atoms with Crippen molar-refractivity contribution in [3.63, 3.8) is 0 Å². The third-order valence-corrected chi connectivity index (χ3v) is 2.46. The van der Waals surface area contributed by atoms with Crippen molar-refractivity contribution in [3.05, 3.63) is 16.7 Å². The minimum absolute atomic E-state index is 0.0388. The molecule has 1 saturated heterocycles. The first kappa shape index (κ1) is 8.37. The Morgan fingerprint density at radius 3 is 2.69 bits per heavy atom. The van der Waals surface area contributed by atoms with Gasteiger partial charge in [0.2, 0.25) is 5.88 Å². The Morgan fingerprint density at radius 1 is 1.46 bits per heavy atom. The van der Waals surface area contributed by atoms with Crippen LogP contribution >= 0.6 is 0 Å². The van der Waals surface area contributed by atoms with E-state index < -0.39 is 0 Å². The molecule has 13 heavy (non-hydrogen) atoms. The van der Waals surface area contributed by atoms with Crippen LogP contribution in [0.1, 0.15) is 18.9 Å². The summed E-state index contributed by atoms with van der Waals surface area (Å²) in [6.07, 6.45) is 3.13. The first-order valence-corrected chi connectivity index (χ1v) is 4.48. The van der Waals surface area contributed by atoms with Gasteiger partial charge in [-0.05, 0) is 25.9 Å². The van der Waals surface area contributed by atoms with Crippen LogP contribution in [0.15, 0.2) is 11.0 Å². The number of hydrogen-bond donors (Lipinski definition) is 3. The van der Waals surface area contributed by atoms with Gasteiger partial charge in [0.1, 0.15) is 0 Å². The van der Waals surface area contributed by atoms with Crippen LogP contribution in [-0.2, 0) is 0 Å². The molecule has 1 aliphatic heterocycles. The largest absolute Gasteiger partial charge is 0.493 e. The molecule has 0 unspecified atom stereocenters. The molecule has 5 nitrogen and oxygen atoms in total. The number of rotatable bonds is 1. The second-order valence-electron chi connectivity index (χ2n) is 3.30. The first-order chi connectivity index (χ1) is 6.29. The van der Waals surface area contributed by atoms with Crippen molar-refractivity contribution in [2.45, 2.75) is 18.9 Å². The average molecular weight is 183 g/mol. The molecule has 0 bridgehead atoms. The minimum atomic E-state index is -0.218. The molecular weight excluding hydrogens is 170 g/mol. The fourth-order valence-corrected chi connectivity index (χ4v) is 1.79. The van der Waals surface area contributed by atoms with Gasteiger partial charge < -0.3 is 15.4 Å². The molecule has 2 rings (SSSR count). The maximum Gasteiger partial charge on any atom is 0.328 e. The Bertz CT molecular complexity index is 335. The summed E-state index contributed by atoms with van der Waals surface area (Å²) in [5.41, 5.74) is -0.218. The summed E-state index contributed by atoms with van der Waals surface area (Å²) in [4.78, 5) is 13.7. The summed E-state index contributed by atoms with van der Waals surface area (Å²) in [6, 6.07) is 0.139. The quantitative estimate of drug-likeness (QED) is 0.565. The fraction of sp³-hybridized carbons (Fsp3) is 0.625. The van der Waals surface area contributed by atoms with E-state index in [1.807, 2.05) is 0 Å². The molecule has 0 amide bonds. The Labute approximate surface area is 75.4 Å². The molecular formula is C8H13N3O2. The summed E-state index contributed by atoms with van der Waals surface area (Å²) in [6.45, 7) is 1.81. The van der Waals surface area contributed by atoms with Gasteiger partial charge in [0, 0.05) is 6.04 Å². The van der Waals surface area contributed by atoms with Gasteiger partial charge in [0.05, 0.1) is 6.20 Å². The molecule has 0 aromatic carbocycles. The van der Waals surface area contributed by atoms with Crippen LogP contribution in [0.3, 0.4) is 0 Å². The molecule has 0 saturated carbocycles. The van der Waals surface area contributed by atoms with Crippen molar-refractivity contribution in [2.24, 2.45) is 0 Å². The normalized spacial score (nSPS) is 19.1. The van der Waals surface area contributed by atoms with Crippen molar-refractivity contribution in [2.75, 3.05) is 13.1 Å². The van der Waals surface area contributed by atoms with Crippen LogP contribution in [0.4, 0.5) is 0 Å². The Morgan fingerprint density at radius 2 is 2.15 bits per heavy atom. The predicted octanol–water partition coefficient (Wildman–Crippen LogP) is -0.194. The number of piperidine rings is 1. The number of nitrogens with zero attached hydrogens (tertiary/aromatic N) is 1. The molecule has 0 aliphatic carbocycles. The number of H-pyrrole nitrogens is 1. The SMILES string of the molecule is O=c1[nH]cc(O)n1C1CCNCC1. The van der Waals surface area contributed by atoms with Gasteiger partial charge in [-0.2, -0.15) is 0 Å². The van der Waals surface area contributed by atoms with Gasteiger partial charge in [-0.3, -0.25) is 4.57 Å². The van der Waals surface area contributed by atoms with Gasteiger partial charge in [-0.1, -0.05) is 0 Å². The molecule has 0 radical (unpaired) electrons. The molecule has 1 aromatic rings. The van der Waals surface area contributed by atoms with E-state index in [4.69, 9.17) is 0 Å². The third kappa shape index (κ3) is 1.47. The highest BCUT2D eigenvalue weighted by Gasteiger charge is 2.19. The molecule has 1 fully saturated rings. The van der Waals surface area contributed by atoms with Crippen LogP contribution in [0.5, 0.6) is 5.88 Å². The summed E-state index contributed by atoms with van der Waals surface area (Å²) >= 11 is 0. The van der Waals surface area contributed by atoms with Crippen LogP contribution in [0.25, 0.3) is 0 Å². The molecule has 0 spiro atoms. The van der Waals surface area contributed by atoms with E-state index in [9.17, 15) is 9.90 Å². The maximum atomic E-state index is 11.3. The number of hydrogen-bond acceptors (Lipinski definition) is 3. The van der Waals surface area contributed by atoms with Crippen LogP contribution in [0, 0.1) is 0 Å². The van der Waals surface area contributed by atoms with Crippen LogP contribution in [0.2, 0.25) is 0 Å². The number of nitrogens with one attached hydrogen (secondary N) is 2. The van der Waals surface area contributed by atoms with Crippen molar-refractivity contribution in [1.82, 2.24) is 14.9 Å². The van der Waals surface area contributed by atoms with E-state index in [1.54, 1.807) is 0 Å². The minimum Gasteiger partial charge on any atom is -0.493 e. The van der Waals surface area contributed by atoms with Crippen molar-refractivity contribution < 1.29 is 5.11 Å². The average Bonchev–Trinajstić information content (AvgIpc) is 2.48.